The third kappa shape index (κ3) is 3.25. The highest BCUT2D eigenvalue weighted by Gasteiger charge is 2.40. The Labute approximate surface area is 112 Å². The molecule has 0 radical (unpaired) electrons. The zero-order chi connectivity index (χ0) is 13.6. The largest absolute Gasteiger partial charge is 0.340 e. The summed E-state index contributed by atoms with van der Waals surface area (Å²) in [4.78, 5) is 14.9. The summed E-state index contributed by atoms with van der Waals surface area (Å²) in [6, 6.07) is 0.328. The Hall–Kier alpha value is -0.570. The molecule has 0 aromatic carbocycles. The lowest BCUT2D eigenvalue weighted by Crippen LogP contribution is -2.50. The molecule has 0 saturated heterocycles. The standard InChI is InChI=1S/C15H30N2O/c1-4-13(3)17(5-2)14(18)15(12-16)10-8-6-7-9-11-15/h13H,4-12,16H2,1-3H3. The molecule has 0 aromatic rings. The van der Waals surface area contributed by atoms with Crippen molar-refractivity contribution in [3.05, 3.63) is 0 Å². The van der Waals surface area contributed by atoms with E-state index in [1.54, 1.807) is 0 Å². The van der Waals surface area contributed by atoms with Crippen LogP contribution in [-0.4, -0.2) is 29.9 Å². The fraction of sp³-hybridized carbons (Fsp3) is 0.933. The van der Waals surface area contributed by atoms with Gasteiger partial charge >= 0.3 is 0 Å². The van der Waals surface area contributed by atoms with Gasteiger partial charge in [-0.2, -0.15) is 0 Å². The number of amides is 1. The van der Waals surface area contributed by atoms with E-state index in [0.717, 1.165) is 38.6 Å². The van der Waals surface area contributed by atoms with Crippen molar-refractivity contribution in [2.24, 2.45) is 11.1 Å². The minimum Gasteiger partial charge on any atom is -0.340 e. The average molecular weight is 254 g/mol. The van der Waals surface area contributed by atoms with E-state index in [1.807, 2.05) is 4.90 Å². The van der Waals surface area contributed by atoms with Crippen LogP contribution in [0.4, 0.5) is 0 Å². The lowest BCUT2D eigenvalue weighted by atomic mass is 9.78. The van der Waals surface area contributed by atoms with Crippen LogP contribution < -0.4 is 5.73 Å². The van der Waals surface area contributed by atoms with Gasteiger partial charge in [-0.25, -0.2) is 0 Å². The summed E-state index contributed by atoms with van der Waals surface area (Å²) in [6.07, 6.45) is 7.79. The van der Waals surface area contributed by atoms with Crippen molar-refractivity contribution in [1.29, 1.82) is 0 Å². The number of hydrogen-bond acceptors (Lipinski definition) is 2. The number of hydrogen-bond donors (Lipinski definition) is 1. The van der Waals surface area contributed by atoms with Crippen molar-refractivity contribution >= 4 is 5.91 Å². The van der Waals surface area contributed by atoms with Crippen molar-refractivity contribution in [2.75, 3.05) is 13.1 Å². The van der Waals surface area contributed by atoms with Gasteiger partial charge in [0.1, 0.15) is 0 Å². The Morgan fingerprint density at radius 1 is 1.22 bits per heavy atom. The van der Waals surface area contributed by atoms with Crippen molar-refractivity contribution in [1.82, 2.24) is 4.90 Å². The fourth-order valence-electron chi connectivity index (χ4n) is 3.09. The summed E-state index contributed by atoms with van der Waals surface area (Å²) in [7, 11) is 0. The zero-order valence-electron chi connectivity index (χ0n) is 12.4. The van der Waals surface area contributed by atoms with Gasteiger partial charge in [-0.15, -0.1) is 0 Å². The lowest BCUT2D eigenvalue weighted by Gasteiger charge is -2.38. The monoisotopic (exact) mass is 254 g/mol. The number of nitrogens with zero attached hydrogens (tertiary/aromatic N) is 1. The molecule has 0 bridgehead atoms. The van der Waals surface area contributed by atoms with E-state index in [9.17, 15) is 4.79 Å². The molecule has 1 fully saturated rings. The number of rotatable bonds is 5. The fourth-order valence-corrected chi connectivity index (χ4v) is 3.09. The second-order valence-electron chi connectivity index (χ2n) is 5.75. The quantitative estimate of drug-likeness (QED) is 0.767. The van der Waals surface area contributed by atoms with Crippen LogP contribution in [0.3, 0.4) is 0 Å². The molecule has 3 nitrogen and oxygen atoms in total. The molecule has 106 valence electrons. The van der Waals surface area contributed by atoms with Crippen LogP contribution in [0, 0.1) is 5.41 Å². The summed E-state index contributed by atoms with van der Waals surface area (Å²) < 4.78 is 0. The topological polar surface area (TPSA) is 46.3 Å². The van der Waals surface area contributed by atoms with Crippen molar-refractivity contribution < 1.29 is 4.79 Å². The molecule has 1 amide bonds. The molecule has 18 heavy (non-hydrogen) atoms. The molecule has 0 aliphatic heterocycles. The summed E-state index contributed by atoms with van der Waals surface area (Å²) in [5, 5.41) is 0. The van der Waals surface area contributed by atoms with Gasteiger partial charge in [0.25, 0.3) is 0 Å². The first-order valence-corrected chi connectivity index (χ1v) is 7.62. The molecule has 1 saturated carbocycles. The molecular weight excluding hydrogens is 224 g/mol. The summed E-state index contributed by atoms with van der Waals surface area (Å²) in [6.45, 7) is 7.67. The van der Waals surface area contributed by atoms with Gasteiger partial charge in [-0.05, 0) is 33.1 Å². The summed E-state index contributed by atoms with van der Waals surface area (Å²) >= 11 is 0. The molecule has 0 aromatic heterocycles. The first-order chi connectivity index (χ1) is 8.61. The van der Waals surface area contributed by atoms with Crippen LogP contribution in [-0.2, 0) is 4.79 Å². The normalized spacial score (nSPS) is 21.1. The zero-order valence-corrected chi connectivity index (χ0v) is 12.4. The minimum atomic E-state index is -0.268. The van der Waals surface area contributed by atoms with Gasteiger partial charge in [0.2, 0.25) is 5.91 Å². The van der Waals surface area contributed by atoms with E-state index in [2.05, 4.69) is 20.8 Å². The predicted octanol–water partition coefficient (Wildman–Crippen LogP) is 2.93. The highest BCUT2D eigenvalue weighted by Crippen LogP contribution is 2.36. The maximum Gasteiger partial charge on any atom is 0.230 e. The Morgan fingerprint density at radius 2 is 1.78 bits per heavy atom. The maximum absolute atomic E-state index is 12.9. The van der Waals surface area contributed by atoms with Crippen LogP contribution in [0.5, 0.6) is 0 Å². The molecule has 1 aliphatic carbocycles. The second kappa shape index (κ2) is 7.13. The smallest absolute Gasteiger partial charge is 0.230 e. The Balaban J connectivity index is 2.87. The highest BCUT2D eigenvalue weighted by molar-refractivity contribution is 5.83. The van der Waals surface area contributed by atoms with Crippen molar-refractivity contribution in [3.8, 4) is 0 Å². The summed E-state index contributed by atoms with van der Waals surface area (Å²) in [5.74, 6) is 0.309. The van der Waals surface area contributed by atoms with E-state index in [1.165, 1.54) is 12.8 Å². The van der Waals surface area contributed by atoms with Crippen LogP contribution in [0.25, 0.3) is 0 Å². The van der Waals surface area contributed by atoms with E-state index in [4.69, 9.17) is 5.73 Å². The Kier molecular flexibility index (Phi) is 6.13. The van der Waals surface area contributed by atoms with E-state index in [-0.39, 0.29) is 5.41 Å². The van der Waals surface area contributed by atoms with Crippen molar-refractivity contribution in [2.45, 2.75) is 71.8 Å². The third-order valence-electron chi connectivity index (χ3n) is 4.63. The van der Waals surface area contributed by atoms with E-state index in [0.29, 0.717) is 18.5 Å². The van der Waals surface area contributed by atoms with Crippen LogP contribution in [0.15, 0.2) is 0 Å². The molecule has 1 unspecified atom stereocenters. The molecule has 1 rings (SSSR count). The number of carbonyl (C=O) groups is 1. The lowest BCUT2D eigenvalue weighted by molar-refractivity contribution is -0.144. The van der Waals surface area contributed by atoms with Crippen LogP contribution in [0.2, 0.25) is 0 Å². The average Bonchev–Trinajstić information content (AvgIpc) is 2.65. The van der Waals surface area contributed by atoms with E-state index >= 15 is 0 Å². The SMILES string of the molecule is CCC(C)N(CC)C(=O)C1(CN)CCCCCC1. The molecular formula is C15H30N2O. The van der Waals surface area contributed by atoms with Gasteiger partial charge in [-0.3, -0.25) is 4.79 Å². The maximum atomic E-state index is 12.9. The molecule has 1 atom stereocenters. The van der Waals surface area contributed by atoms with Crippen LogP contribution >= 0.6 is 0 Å². The first kappa shape index (κ1) is 15.5. The second-order valence-corrected chi connectivity index (χ2v) is 5.75. The molecule has 1 aliphatic rings. The molecule has 0 heterocycles. The number of nitrogens with two attached hydrogens (primary N) is 1. The van der Waals surface area contributed by atoms with Gasteiger partial charge in [0.05, 0.1) is 5.41 Å². The predicted molar refractivity (Wildman–Crippen MR) is 76.3 cm³/mol. The van der Waals surface area contributed by atoms with Crippen LogP contribution in [0.1, 0.15) is 65.7 Å². The van der Waals surface area contributed by atoms with Gasteiger partial charge in [-0.1, -0.05) is 32.6 Å². The number of carbonyl (C=O) groups excluding carboxylic acids is 1. The molecule has 2 N–H and O–H groups in total. The Morgan fingerprint density at radius 3 is 2.17 bits per heavy atom. The van der Waals surface area contributed by atoms with Gasteiger partial charge < -0.3 is 10.6 Å². The molecule has 3 heteroatoms. The van der Waals surface area contributed by atoms with Gasteiger partial charge in [0.15, 0.2) is 0 Å². The highest BCUT2D eigenvalue weighted by atomic mass is 16.2. The summed E-state index contributed by atoms with van der Waals surface area (Å²) in [5.41, 5.74) is 5.73. The first-order valence-electron chi connectivity index (χ1n) is 7.62. The third-order valence-corrected chi connectivity index (χ3v) is 4.63. The van der Waals surface area contributed by atoms with Gasteiger partial charge in [0, 0.05) is 19.1 Å². The van der Waals surface area contributed by atoms with E-state index < -0.39 is 0 Å². The minimum absolute atomic E-state index is 0.268. The van der Waals surface area contributed by atoms with Crippen molar-refractivity contribution in [3.63, 3.8) is 0 Å². The Bertz CT molecular complexity index is 257. The molecule has 0 spiro atoms.